The van der Waals surface area contributed by atoms with Crippen LogP contribution < -0.4 is 10.9 Å². The van der Waals surface area contributed by atoms with Gasteiger partial charge in [-0.05, 0) is 12.8 Å². The lowest BCUT2D eigenvalue weighted by Gasteiger charge is -2.28. The smallest absolute Gasteiger partial charge is 0.309 e. The van der Waals surface area contributed by atoms with E-state index in [0.717, 1.165) is 5.06 Å². The summed E-state index contributed by atoms with van der Waals surface area (Å²) >= 11 is 0. The fourth-order valence-electron chi connectivity index (χ4n) is 2.13. The summed E-state index contributed by atoms with van der Waals surface area (Å²) in [4.78, 5) is 24.5. The van der Waals surface area contributed by atoms with E-state index in [1.54, 1.807) is 7.05 Å². The molecule has 2 fully saturated rings. The largest absolute Gasteiger partial charge is 0.344 e. The Hall–Kier alpha value is -1.34. The molecule has 84 valence electrons. The quantitative estimate of drug-likeness (QED) is 0.402. The molecule has 2 aliphatic heterocycles. The number of amides is 3. The van der Waals surface area contributed by atoms with Crippen LogP contribution >= 0.6 is 0 Å². The molecule has 0 spiro atoms. The lowest BCUT2D eigenvalue weighted by Crippen LogP contribution is -2.52. The molecule has 2 heterocycles. The van der Waals surface area contributed by atoms with Crippen molar-refractivity contribution in [1.82, 2.24) is 20.8 Å². The van der Waals surface area contributed by atoms with Gasteiger partial charge >= 0.3 is 6.03 Å². The van der Waals surface area contributed by atoms with Crippen LogP contribution in [0.15, 0.2) is 0 Å². The first-order valence-electron chi connectivity index (χ1n) is 4.90. The van der Waals surface area contributed by atoms with E-state index in [1.807, 2.05) is 0 Å². The summed E-state index contributed by atoms with van der Waals surface area (Å²) in [6, 6.07) is -1.11. The Bertz CT molecular complexity index is 296. The molecule has 0 unspecified atom stereocenters. The highest BCUT2D eigenvalue weighted by molar-refractivity contribution is 5.88. The van der Waals surface area contributed by atoms with Crippen molar-refractivity contribution in [2.45, 2.75) is 24.9 Å². The van der Waals surface area contributed by atoms with Crippen molar-refractivity contribution >= 4 is 11.9 Å². The van der Waals surface area contributed by atoms with Crippen LogP contribution in [0.1, 0.15) is 12.8 Å². The number of hydrazine groups is 1. The summed E-state index contributed by atoms with van der Waals surface area (Å²) in [5, 5.41) is 10.1. The third-order valence-corrected chi connectivity index (χ3v) is 2.90. The van der Waals surface area contributed by atoms with Gasteiger partial charge in [-0.2, -0.15) is 0 Å². The number of carbonyl (C=O) groups excluding carboxylic acids is 2. The molecule has 2 aliphatic rings. The maximum atomic E-state index is 11.6. The van der Waals surface area contributed by atoms with Crippen molar-refractivity contribution in [2.24, 2.45) is 0 Å². The fourth-order valence-corrected chi connectivity index (χ4v) is 2.13. The van der Waals surface area contributed by atoms with Crippen LogP contribution in [-0.4, -0.2) is 52.8 Å². The van der Waals surface area contributed by atoms with Gasteiger partial charge in [0.15, 0.2) is 0 Å². The second-order valence-electron chi connectivity index (χ2n) is 3.77. The molecule has 0 aromatic heterocycles. The van der Waals surface area contributed by atoms with Gasteiger partial charge < -0.3 is 4.90 Å². The van der Waals surface area contributed by atoms with Gasteiger partial charge in [-0.25, -0.2) is 15.3 Å². The Kier molecular flexibility index (Phi) is 2.49. The summed E-state index contributed by atoms with van der Waals surface area (Å²) < 4.78 is 0. The zero-order valence-corrected chi connectivity index (χ0v) is 8.43. The van der Waals surface area contributed by atoms with Crippen LogP contribution in [0.3, 0.4) is 0 Å². The van der Waals surface area contributed by atoms with E-state index in [0.29, 0.717) is 19.4 Å². The number of urea groups is 1. The van der Waals surface area contributed by atoms with Crippen molar-refractivity contribution in [3.63, 3.8) is 0 Å². The highest BCUT2D eigenvalue weighted by Gasteiger charge is 2.46. The highest BCUT2D eigenvalue weighted by atomic mass is 16.5. The topological polar surface area (TPSA) is 84.9 Å². The van der Waals surface area contributed by atoms with Crippen molar-refractivity contribution < 1.29 is 14.8 Å². The zero-order chi connectivity index (χ0) is 11.0. The molecule has 0 aromatic rings. The molecule has 2 bridgehead atoms. The number of hydrogen-bond acceptors (Lipinski definition) is 4. The lowest BCUT2D eigenvalue weighted by atomic mass is 10.0. The Labute approximate surface area is 86.9 Å². The monoisotopic (exact) mass is 214 g/mol. The molecule has 0 saturated carbocycles. The molecule has 3 N–H and O–H groups in total. The predicted octanol–water partition coefficient (Wildman–Crippen LogP) is -1.11. The summed E-state index contributed by atoms with van der Waals surface area (Å²) in [6.07, 6.45) is 1.24. The molecule has 0 aliphatic carbocycles. The average Bonchev–Trinajstić information content (AvgIpc) is 2.45. The number of fused-ring (bicyclic) bond motifs is 2. The summed E-state index contributed by atoms with van der Waals surface area (Å²) in [5.41, 5.74) is 4.99. The Morgan fingerprint density at radius 3 is 2.93 bits per heavy atom. The number of hydroxylamine groups is 2. The molecular weight excluding hydrogens is 200 g/mol. The van der Waals surface area contributed by atoms with Gasteiger partial charge in [-0.1, -0.05) is 0 Å². The van der Waals surface area contributed by atoms with E-state index in [4.69, 9.17) is 0 Å². The van der Waals surface area contributed by atoms with Gasteiger partial charge in [0.25, 0.3) is 5.91 Å². The van der Waals surface area contributed by atoms with E-state index in [2.05, 4.69) is 10.9 Å². The number of carbonyl (C=O) groups is 2. The molecule has 2 rings (SSSR count). The Morgan fingerprint density at radius 1 is 1.53 bits per heavy atom. The minimum atomic E-state index is -0.478. The Morgan fingerprint density at radius 2 is 2.27 bits per heavy atom. The zero-order valence-electron chi connectivity index (χ0n) is 8.43. The normalized spacial score (nSPS) is 29.6. The minimum absolute atomic E-state index is 0.156. The summed E-state index contributed by atoms with van der Waals surface area (Å²) in [6.45, 7) is 0.428. The first-order chi connectivity index (χ1) is 7.15. The van der Waals surface area contributed by atoms with Gasteiger partial charge in [0.1, 0.15) is 6.04 Å². The van der Waals surface area contributed by atoms with Crippen molar-refractivity contribution in [2.75, 3.05) is 13.6 Å². The van der Waals surface area contributed by atoms with E-state index in [1.165, 1.54) is 4.90 Å². The number of hydrogen-bond donors (Lipinski definition) is 3. The standard InChI is InChI=1S/C8H14N4O3/c1-9-10-7(13)6-3-2-5-4-11(6)8(14)12(5)15/h5-6,9,15H,2-4H2,1H3,(H,10,13)/t5-,6-/m0/s1. The molecular formula is C8H14N4O3. The highest BCUT2D eigenvalue weighted by Crippen LogP contribution is 2.28. The van der Waals surface area contributed by atoms with Crippen molar-refractivity contribution in [1.29, 1.82) is 0 Å². The van der Waals surface area contributed by atoms with Crippen LogP contribution in [0.2, 0.25) is 0 Å². The van der Waals surface area contributed by atoms with Crippen LogP contribution in [0, 0.1) is 0 Å². The van der Waals surface area contributed by atoms with Gasteiger partial charge in [0.2, 0.25) is 0 Å². The third-order valence-electron chi connectivity index (χ3n) is 2.90. The summed E-state index contributed by atoms with van der Waals surface area (Å²) in [7, 11) is 1.59. The van der Waals surface area contributed by atoms with Crippen LogP contribution in [0.5, 0.6) is 0 Å². The van der Waals surface area contributed by atoms with Crippen molar-refractivity contribution in [3.05, 3.63) is 0 Å². The maximum Gasteiger partial charge on any atom is 0.344 e. The molecule has 0 radical (unpaired) electrons. The van der Waals surface area contributed by atoms with E-state index in [9.17, 15) is 14.8 Å². The number of rotatable bonds is 2. The van der Waals surface area contributed by atoms with Crippen LogP contribution in [0.25, 0.3) is 0 Å². The fraction of sp³-hybridized carbons (Fsp3) is 0.750. The van der Waals surface area contributed by atoms with Gasteiger partial charge in [0.05, 0.1) is 6.04 Å². The average molecular weight is 214 g/mol. The number of piperidine rings is 1. The third kappa shape index (κ3) is 1.53. The summed E-state index contributed by atoms with van der Waals surface area (Å²) in [5.74, 6) is -0.236. The van der Waals surface area contributed by atoms with Gasteiger partial charge in [0, 0.05) is 13.6 Å². The molecule has 0 aromatic carbocycles. The molecule has 7 heteroatoms. The van der Waals surface area contributed by atoms with Crippen molar-refractivity contribution in [3.8, 4) is 0 Å². The van der Waals surface area contributed by atoms with Crippen LogP contribution in [0.4, 0.5) is 4.79 Å². The SMILES string of the molecule is CNNC(=O)[C@@H]1CC[C@H]2CN1C(=O)N2O. The molecule has 2 atom stereocenters. The molecule has 3 amide bonds. The number of nitrogens with zero attached hydrogens (tertiary/aromatic N) is 2. The first-order valence-corrected chi connectivity index (χ1v) is 4.90. The first kappa shape index (κ1) is 10.2. The van der Waals surface area contributed by atoms with E-state index < -0.39 is 12.1 Å². The van der Waals surface area contributed by atoms with Gasteiger partial charge in [-0.3, -0.25) is 15.4 Å². The number of nitrogens with one attached hydrogen (secondary N) is 2. The second-order valence-corrected chi connectivity index (χ2v) is 3.77. The predicted molar refractivity (Wildman–Crippen MR) is 49.7 cm³/mol. The minimum Gasteiger partial charge on any atom is -0.309 e. The van der Waals surface area contributed by atoms with E-state index in [-0.39, 0.29) is 11.9 Å². The molecule has 2 saturated heterocycles. The van der Waals surface area contributed by atoms with Crippen LogP contribution in [-0.2, 0) is 4.79 Å². The molecule has 15 heavy (non-hydrogen) atoms. The second kappa shape index (κ2) is 3.67. The maximum absolute atomic E-state index is 11.6. The van der Waals surface area contributed by atoms with Gasteiger partial charge in [-0.15, -0.1) is 0 Å². The van der Waals surface area contributed by atoms with E-state index >= 15 is 0 Å². The lowest BCUT2D eigenvalue weighted by molar-refractivity contribution is -0.126. The molecule has 7 nitrogen and oxygen atoms in total. The Balaban J connectivity index is 2.10.